The van der Waals surface area contributed by atoms with Crippen molar-refractivity contribution in [1.82, 2.24) is 19.5 Å². The summed E-state index contributed by atoms with van der Waals surface area (Å²) < 4.78 is 27.0. The molecule has 2 aromatic rings. The molecule has 9 heteroatoms. The molecule has 0 aliphatic carbocycles. The summed E-state index contributed by atoms with van der Waals surface area (Å²) in [6, 6.07) is 3.44. The summed E-state index contributed by atoms with van der Waals surface area (Å²) in [5, 5.41) is 15.4. The second kappa shape index (κ2) is 6.88. The van der Waals surface area contributed by atoms with Gasteiger partial charge in [-0.1, -0.05) is 6.07 Å². The number of sulfonamides is 1. The van der Waals surface area contributed by atoms with E-state index in [0.29, 0.717) is 17.0 Å². The number of hydrogen-bond acceptors (Lipinski definition) is 5. The van der Waals surface area contributed by atoms with E-state index in [1.54, 1.807) is 38.4 Å². The average Bonchev–Trinajstić information content (AvgIpc) is 2.83. The Morgan fingerprint density at radius 1 is 1.39 bits per heavy atom. The van der Waals surface area contributed by atoms with Crippen molar-refractivity contribution in [2.75, 3.05) is 6.54 Å². The van der Waals surface area contributed by atoms with Crippen molar-refractivity contribution in [2.45, 2.75) is 31.7 Å². The fraction of sp³-hybridized carbons (Fsp3) is 0.357. The van der Waals surface area contributed by atoms with E-state index >= 15 is 0 Å². The van der Waals surface area contributed by atoms with Gasteiger partial charge in [0.05, 0.1) is 17.8 Å². The summed E-state index contributed by atoms with van der Waals surface area (Å²) >= 11 is 0. The predicted molar refractivity (Wildman–Crippen MR) is 82.1 cm³/mol. The van der Waals surface area contributed by atoms with E-state index in [-0.39, 0.29) is 24.4 Å². The third-order valence-electron chi connectivity index (χ3n) is 3.32. The number of aliphatic carboxylic acids is 1. The molecule has 0 fully saturated rings. The summed E-state index contributed by atoms with van der Waals surface area (Å²) in [4.78, 5) is 14.9. The Hall–Kier alpha value is -2.26. The number of aromatic amines is 1. The van der Waals surface area contributed by atoms with Crippen LogP contribution in [0.15, 0.2) is 29.4 Å². The molecule has 0 aromatic carbocycles. The fourth-order valence-corrected chi connectivity index (χ4v) is 4.01. The van der Waals surface area contributed by atoms with Crippen LogP contribution in [0.1, 0.15) is 23.4 Å². The van der Waals surface area contributed by atoms with Crippen LogP contribution in [0.2, 0.25) is 0 Å². The molecular formula is C14H18N4O4S. The molecule has 0 aliphatic rings. The molecule has 2 heterocycles. The van der Waals surface area contributed by atoms with Crippen molar-refractivity contribution >= 4 is 16.0 Å². The van der Waals surface area contributed by atoms with Gasteiger partial charge in [0.25, 0.3) is 0 Å². The largest absolute Gasteiger partial charge is 0.481 e. The van der Waals surface area contributed by atoms with Gasteiger partial charge in [-0.2, -0.15) is 9.40 Å². The Morgan fingerprint density at radius 2 is 2.13 bits per heavy atom. The van der Waals surface area contributed by atoms with Gasteiger partial charge in [-0.3, -0.25) is 14.9 Å². The molecule has 124 valence electrons. The smallest absolute Gasteiger partial charge is 0.304 e. The number of aryl methyl sites for hydroxylation is 2. The number of hydrogen-bond donors (Lipinski definition) is 2. The van der Waals surface area contributed by atoms with Crippen LogP contribution < -0.4 is 0 Å². The number of carboxylic acids is 1. The standard InChI is InChI=1S/C14H18N4O4S/c1-10-14(11(2)17-16-10)23(21,22)18(7-5-13(19)20)9-12-4-3-6-15-8-12/h3-4,6,8H,5,7,9H2,1-2H3,(H,16,17)(H,19,20). The van der Waals surface area contributed by atoms with E-state index < -0.39 is 16.0 Å². The highest BCUT2D eigenvalue weighted by atomic mass is 32.2. The molecule has 0 atom stereocenters. The first-order valence-corrected chi connectivity index (χ1v) is 8.39. The van der Waals surface area contributed by atoms with Gasteiger partial charge in [0, 0.05) is 25.5 Å². The monoisotopic (exact) mass is 338 g/mol. The number of nitrogens with one attached hydrogen (secondary N) is 1. The molecule has 2 aromatic heterocycles. The lowest BCUT2D eigenvalue weighted by Crippen LogP contribution is -2.33. The van der Waals surface area contributed by atoms with Gasteiger partial charge in [-0.15, -0.1) is 0 Å². The molecule has 0 spiro atoms. The van der Waals surface area contributed by atoms with E-state index in [1.807, 2.05) is 0 Å². The first-order chi connectivity index (χ1) is 10.8. The average molecular weight is 338 g/mol. The highest BCUT2D eigenvalue weighted by Gasteiger charge is 2.30. The maximum atomic E-state index is 12.9. The molecule has 0 radical (unpaired) electrons. The number of H-pyrrole nitrogens is 1. The van der Waals surface area contributed by atoms with Gasteiger partial charge in [-0.05, 0) is 25.5 Å². The zero-order chi connectivity index (χ0) is 17.0. The summed E-state index contributed by atoms with van der Waals surface area (Å²) in [6.45, 7) is 3.13. The lowest BCUT2D eigenvalue weighted by atomic mass is 10.3. The van der Waals surface area contributed by atoms with Crippen LogP contribution in [0, 0.1) is 13.8 Å². The molecule has 0 bridgehead atoms. The van der Waals surface area contributed by atoms with Gasteiger partial charge < -0.3 is 5.11 Å². The first-order valence-electron chi connectivity index (χ1n) is 6.94. The summed E-state index contributed by atoms with van der Waals surface area (Å²) in [5.41, 5.74) is 1.46. The van der Waals surface area contributed by atoms with Crippen LogP contribution in [-0.2, 0) is 21.4 Å². The van der Waals surface area contributed by atoms with Crippen LogP contribution in [-0.4, -0.2) is 45.5 Å². The van der Waals surface area contributed by atoms with E-state index in [4.69, 9.17) is 5.11 Å². The molecule has 0 saturated heterocycles. The Balaban J connectivity index is 2.37. The van der Waals surface area contributed by atoms with Crippen LogP contribution >= 0.6 is 0 Å². The van der Waals surface area contributed by atoms with E-state index in [9.17, 15) is 13.2 Å². The number of carbonyl (C=O) groups is 1. The molecule has 0 unspecified atom stereocenters. The van der Waals surface area contributed by atoms with Crippen LogP contribution in [0.25, 0.3) is 0 Å². The van der Waals surface area contributed by atoms with Crippen molar-refractivity contribution in [2.24, 2.45) is 0 Å². The van der Waals surface area contributed by atoms with Crippen molar-refractivity contribution in [3.8, 4) is 0 Å². The van der Waals surface area contributed by atoms with Crippen molar-refractivity contribution < 1.29 is 18.3 Å². The van der Waals surface area contributed by atoms with Crippen molar-refractivity contribution in [3.05, 3.63) is 41.5 Å². The Labute approximate surface area is 134 Å². The Morgan fingerprint density at radius 3 is 2.65 bits per heavy atom. The van der Waals surface area contributed by atoms with Crippen molar-refractivity contribution in [1.29, 1.82) is 0 Å². The second-order valence-corrected chi connectivity index (χ2v) is 6.98. The minimum atomic E-state index is -3.86. The SMILES string of the molecule is Cc1n[nH]c(C)c1S(=O)(=O)N(CCC(=O)O)Cc1cccnc1. The number of nitrogens with zero attached hydrogens (tertiary/aromatic N) is 3. The number of rotatable bonds is 7. The number of carboxylic acid groups (broad SMARTS) is 1. The summed E-state index contributed by atoms with van der Waals surface area (Å²) in [7, 11) is -3.86. The third kappa shape index (κ3) is 3.93. The van der Waals surface area contributed by atoms with E-state index in [0.717, 1.165) is 4.31 Å². The zero-order valence-corrected chi connectivity index (χ0v) is 13.7. The maximum Gasteiger partial charge on any atom is 0.304 e. The minimum absolute atomic E-state index is 0.0491. The van der Waals surface area contributed by atoms with Gasteiger partial charge in [0.1, 0.15) is 4.90 Å². The third-order valence-corrected chi connectivity index (χ3v) is 5.42. The lowest BCUT2D eigenvalue weighted by molar-refractivity contribution is -0.137. The summed E-state index contributed by atoms with van der Waals surface area (Å²) in [5.74, 6) is -1.06. The fourth-order valence-electron chi connectivity index (χ4n) is 2.25. The maximum absolute atomic E-state index is 12.9. The summed E-state index contributed by atoms with van der Waals surface area (Å²) in [6.07, 6.45) is 2.86. The molecule has 8 nitrogen and oxygen atoms in total. The van der Waals surface area contributed by atoms with Gasteiger partial charge in [0.15, 0.2) is 0 Å². The zero-order valence-electron chi connectivity index (χ0n) is 12.9. The normalized spacial score (nSPS) is 11.8. The predicted octanol–water partition coefficient (Wildman–Crippen LogP) is 1.09. The second-order valence-electron chi connectivity index (χ2n) is 5.11. The van der Waals surface area contributed by atoms with Crippen LogP contribution in [0.3, 0.4) is 0 Å². The van der Waals surface area contributed by atoms with Crippen LogP contribution in [0.4, 0.5) is 0 Å². The van der Waals surface area contributed by atoms with Gasteiger partial charge in [-0.25, -0.2) is 8.42 Å². The van der Waals surface area contributed by atoms with Gasteiger partial charge in [0.2, 0.25) is 10.0 Å². The van der Waals surface area contributed by atoms with Crippen molar-refractivity contribution in [3.63, 3.8) is 0 Å². The van der Waals surface area contributed by atoms with Crippen LogP contribution in [0.5, 0.6) is 0 Å². The highest BCUT2D eigenvalue weighted by Crippen LogP contribution is 2.23. The van der Waals surface area contributed by atoms with Gasteiger partial charge >= 0.3 is 5.97 Å². The molecule has 2 N–H and O–H groups in total. The minimum Gasteiger partial charge on any atom is -0.481 e. The Kier molecular flexibility index (Phi) is 5.12. The molecule has 0 aliphatic heterocycles. The topological polar surface area (TPSA) is 116 Å². The molecule has 2 rings (SSSR count). The molecule has 0 amide bonds. The molecule has 0 saturated carbocycles. The highest BCUT2D eigenvalue weighted by molar-refractivity contribution is 7.89. The van der Waals surface area contributed by atoms with E-state index in [2.05, 4.69) is 15.2 Å². The number of pyridine rings is 1. The van der Waals surface area contributed by atoms with E-state index in [1.165, 1.54) is 0 Å². The molecular weight excluding hydrogens is 320 g/mol. The lowest BCUT2D eigenvalue weighted by Gasteiger charge is -2.21. The Bertz CT molecular complexity index is 767. The molecule has 23 heavy (non-hydrogen) atoms. The quantitative estimate of drug-likeness (QED) is 0.780. The first kappa shape index (κ1) is 17.1. The number of aromatic nitrogens is 3.